The number of rotatable bonds is 12. The van der Waals surface area contributed by atoms with Gasteiger partial charge in [0, 0.05) is 6.54 Å². The van der Waals surface area contributed by atoms with Gasteiger partial charge in [0.1, 0.15) is 23.7 Å². The van der Waals surface area contributed by atoms with Crippen LogP contribution in [0.15, 0.2) is 36.9 Å². The van der Waals surface area contributed by atoms with Crippen LogP contribution >= 0.6 is 7.44 Å². The number of nitrogens with zero attached hydrogens (tertiary/aromatic N) is 5. The van der Waals surface area contributed by atoms with Gasteiger partial charge in [-0.15, -0.1) is 0 Å². The summed E-state index contributed by atoms with van der Waals surface area (Å²) in [5, 5.41) is 12.5. The van der Waals surface area contributed by atoms with Crippen LogP contribution in [0, 0.1) is 0 Å². The molecular formula is C24H36N7O4P. The number of hydrogen-bond acceptors (Lipinski definition) is 7. The SMILES string of the molecule is CC(C)c1ccc(CN(C)[P@](=O)(CO[C@H](C)Cn2cnc3c(N)ncnc32)NC(C)(C)C(=O)O)cc1. The van der Waals surface area contributed by atoms with Crippen LogP contribution in [0.1, 0.15) is 51.7 Å². The minimum absolute atomic E-state index is 0.185. The van der Waals surface area contributed by atoms with Crippen molar-refractivity contribution < 1.29 is 19.2 Å². The summed E-state index contributed by atoms with van der Waals surface area (Å²) >= 11 is 0. The Kier molecular flexibility index (Phi) is 8.51. The molecule has 2 heterocycles. The topological polar surface area (TPSA) is 148 Å². The van der Waals surface area contributed by atoms with Crippen LogP contribution < -0.4 is 10.8 Å². The van der Waals surface area contributed by atoms with Crippen molar-refractivity contribution in [2.45, 2.75) is 65.3 Å². The summed E-state index contributed by atoms with van der Waals surface area (Å²) in [4.78, 5) is 24.2. The van der Waals surface area contributed by atoms with Gasteiger partial charge in [0.15, 0.2) is 11.5 Å². The molecule has 0 bridgehead atoms. The number of nitrogens with one attached hydrogen (secondary N) is 1. The molecule has 2 aromatic heterocycles. The zero-order chi connectivity index (χ0) is 26.7. The maximum Gasteiger partial charge on any atom is 0.323 e. The number of nitrogen functional groups attached to an aromatic ring is 1. The number of carboxylic acids is 1. The van der Waals surface area contributed by atoms with Crippen LogP contribution in [-0.4, -0.2) is 60.3 Å². The summed E-state index contributed by atoms with van der Waals surface area (Å²) in [6, 6.07) is 8.11. The number of imidazole rings is 1. The van der Waals surface area contributed by atoms with Crippen molar-refractivity contribution in [3.05, 3.63) is 48.0 Å². The highest BCUT2D eigenvalue weighted by Crippen LogP contribution is 2.47. The van der Waals surface area contributed by atoms with E-state index in [9.17, 15) is 14.5 Å². The second-order valence-electron chi connectivity index (χ2n) is 9.89. The molecule has 0 amide bonds. The third-order valence-electron chi connectivity index (χ3n) is 6.02. The Hall–Kier alpha value is -2.85. The Morgan fingerprint density at radius 1 is 1.22 bits per heavy atom. The van der Waals surface area contributed by atoms with Gasteiger partial charge >= 0.3 is 5.97 Å². The standard InChI is InChI=1S/C24H36N7O4P/c1-16(2)19-9-7-18(8-10-19)12-30(6)36(34,29-24(4,5)23(32)33)15-35-17(3)11-31-14-28-20-21(25)26-13-27-22(20)31/h7-10,13-14,16-17H,11-12,15H2,1-6H3,(H,29,34)(H,32,33)(H2,25,26,27)/t17-,36+/m1/s1. The third-order valence-corrected chi connectivity index (χ3v) is 8.67. The molecule has 11 nitrogen and oxygen atoms in total. The first-order valence-corrected chi connectivity index (χ1v) is 13.6. The van der Waals surface area contributed by atoms with E-state index in [0.29, 0.717) is 36.0 Å². The third kappa shape index (κ3) is 6.47. The molecule has 3 rings (SSSR count). The lowest BCUT2D eigenvalue weighted by Crippen LogP contribution is -2.47. The second-order valence-corrected chi connectivity index (χ2v) is 12.5. The Labute approximate surface area is 211 Å². The molecule has 0 aliphatic rings. The number of ether oxygens (including phenoxy) is 1. The Morgan fingerprint density at radius 3 is 2.50 bits per heavy atom. The van der Waals surface area contributed by atoms with Crippen LogP contribution in [0.4, 0.5) is 5.82 Å². The van der Waals surface area contributed by atoms with Gasteiger partial charge in [0.2, 0.25) is 7.44 Å². The minimum Gasteiger partial charge on any atom is -0.480 e. The average Bonchev–Trinajstić information content (AvgIpc) is 3.21. The first-order valence-electron chi connectivity index (χ1n) is 11.8. The van der Waals surface area contributed by atoms with Crippen LogP contribution in [0.2, 0.25) is 0 Å². The lowest BCUT2D eigenvalue weighted by Gasteiger charge is -2.35. The number of aromatic nitrogens is 4. The van der Waals surface area contributed by atoms with Crippen molar-refractivity contribution in [2.24, 2.45) is 0 Å². The van der Waals surface area contributed by atoms with E-state index in [0.717, 1.165) is 5.56 Å². The number of benzene rings is 1. The average molecular weight is 518 g/mol. The molecule has 0 radical (unpaired) electrons. The summed E-state index contributed by atoms with van der Waals surface area (Å²) in [5.41, 5.74) is 7.70. The first kappa shape index (κ1) is 27.7. The fourth-order valence-electron chi connectivity index (χ4n) is 3.68. The van der Waals surface area contributed by atoms with E-state index in [-0.39, 0.29) is 12.5 Å². The van der Waals surface area contributed by atoms with Gasteiger partial charge in [0.05, 0.1) is 19.0 Å². The predicted octanol–water partition coefficient (Wildman–Crippen LogP) is 3.67. The molecule has 0 saturated heterocycles. The number of anilines is 1. The predicted molar refractivity (Wildman–Crippen MR) is 140 cm³/mol. The molecule has 2 atom stereocenters. The van der Waals surface area contributed by atoms with Crippen LogP contribution in [-0.2, 0) is 27.2 Å². The number of carbonyl (C=O) groups is 1. The zero-order valence-corrected chi connectivity index (χ0v) is 22.6. The van der Waals surface area contributed by atoms with Gasteiger partial charge in [-0.05, 0) is 44.9 Å². The summed E-state index contributed by atoms with van der Waals surface area (Å²) < 4.78 is 23.6. The molecule has 0 unspecified atom stereocenters. The molecule has 0 spiro atoms. The van der Waals surface area contributed by atoms with Crippen LogP contribution in [0.25, 0.3) is 11.2 Å². The molecule has 0 aliphatic carbocycles. The van der Waals surface area contributed by atoms with E-state index >= 15 is 0 Å². The van der Waals surface area contributed by atoms with Gasteiger partial charge in [-0.3, -0.25) is 9.36 Å². The monoisotopic (exact) mass is 517 g/mol. The number of aliphatic carboxylic acids is 1. The van der Waals surface area contributed by atoms with E-state index in [1.807, 2.05) is 19.1 Å². The molecular weight excluding hydrogens is 481 g/mol. The molecule has 0 saturated carbocycles. The van der Waals surface area contributed by atoms with Gasteiger partial charge in [0.25, 0.3) is 0 Å². The smallest absolute Gasteiger partial charge is 0.323 e. The normalized spacial score (nSPS) is 14.9. The van der Waals surface area contributed by atoms with Gasteiger partial charge in [-0.2, -0.15) is 0 Å². The van der Waals surface area contributed by atoms with E-state index in [1.165, 1.54) is 25.7 Å². The fourth-order valence-corrected chi connectivity index (χ4v) is 5.93. The highest BCUT2D eigenvalue weighted by molar-refractivity contribution is 7.59. The summed E-state index contributed by atoms with van der Waals surface area (Å²) in [6.45, 7) is 9.80. The highest BCUT2D eigenvalue weighted by atomic mass is 31.2. The first-order chi connectivity index (χ1) is 16.8. The van der Waals surface area contributed by atoms with Crippen molar-refractivity contribution in [3.63, 3.8) is 0 Å². The minimum atomic E-state index is -3.47. The lowest BCUT2D eigenvalue weighted by molar-refractivity contribution is -0.142. The molecule has 4 N–H and O–H groups in total. The van der Waals surface area contributed by atoms with Crippen molar-refractivity contribution in [2.75, 3.05) is 19.1 Å². The highest BCUT2D eigenvalue weighted by Gasteiger charge is 2.39. The van der Waals surface area contributed by atoms with Crippen molar-refractivity contribution in [3.8, 4) is 0 Å². The van der Waals surface area contributed by atoms with Gasteiger partial charge < -0.3 is 20.1 Å². The van der Waals surface area contributed by atoms with Crippen LogP contribution in [0.3, 0.4) is 0 Å². The number of fused-ring (bicyclic) bond motifs is 1. The number of hydrogen-bond donors (Lipinski definition) is 3. The summed E-state index contributed by atoms with van der Waals surface area (Å²) in [5.74, 6) is -0.404. The Morgan fingerprint density at radius 2 is 1.89 bits per heavy atom. The Bertz CT molecular complexity index is 1240. The van der Waals surface area contributed by atoms with Crippen molar-refractivity contribution in [1.29, 1.82) is 0 Å². The van der Waals surface area contributed by atoms with Gasteiger partial charge in [-0.25, -0.2) is 24.7 Å². The molecule has 1 aromatic carbocycles. The summed E-state index contributed by atoms with van der Waals surface area (Å²) in [6.07, 6.45) is 2.42. The van der Waals surface area contributed by atoms with Crippen molar-refractivity contribution in [1.82, 2.24) is 29.3 Å². The number of carboxylic acid groups (broad SMARTS) is 1. The molecule has 0 fully saturated rings. The quantitative estimate of drug-likeness (QED) is 0.304. The van der Waals surface area contributed by atoms with Crippen molar-refractivity contribution >= 4 is 30.4 Å². The van der Waals surface area contributed by atoms with Gasteiger partial charge in [-0.1, -0.05) is 38.1 Å². The largest absolute Gasteiger partial charge is 0.480 e. The fraction of sp³-hybridized carbons (Fsp3) is 0.500. The number of nitrogens with two attached hydrogens (primary N) is 1. The van der Waals surface area contributed by atoms with E-state index < -0.39 is 19.0 Å². The molecule has 12 heteroatoms. The molecule has 196 valence electrons. The maximum absolute atomic E-state index is 14.1. The van der Waals surface area contributed by atoms with Crippen LogP contribution in [0.5, 0.6) is 0 Å². The molecule has 3 aromatic rings. The summed E-state index contributed by atoms with van der Waals surface area (Å²) in [7, 11) is -1.76. The lowest BCUT2D eigenvalue weighted by atomic mass is 10.0. The molecule has 0 aliphatic heterocycles. The maximum atomic E-state index is 14.1. The van der Waals surface area contributed by atoms with E-state index in [1.54, 1.807) is 22.6 Å². The second kappa shape index (κ2) is 11.0. The van der Waals surface area contributed by atoms with E-state index in [4.69, 9.17) is 10.5 Å². The molecule has 36 heavy (non-hydrogen) atoms. The van der Waals surface area contributed by atoms with E-state index in [2.05, 4.69) is 46.0 Å². The zero-order valence-electron chi connectivity index (χ0n) is 21.7. The Balaban J connectivity index is 1.75.